The maximum Gasteiger partial charge on any atom is 0.253 e. The van der Waals surface area contributed by atoms with Crippen molar-refractivity contribution in [2.45, 2.75) is 26.3 Å². The highest BCUT2D eigenvalue weighted by molar-refractivity contribution is 6.04. The van der Waals surface area contributed by atoms with Crippen molar-refractivity contribution in [2.24, 2.45) is 5.92 Å². The molecule has 2 aromatic carbocycles. The van der Waals surface area contributed by atoms with E-state index in [1.54, 1.807) is 18.2 Å². The van der Waals surface area contributed by atoms with Crippen LogP contribution < -0.4 is 16.0 Å². The van der Waals surface area contributed by atoms with Gasteiger partial charge in [0.15, 0.2) is 0 Å². The molecule has 0 unspecified atom stereocenters. The number of hydrogen-bond donors (Lipinski definition) is 3. The SMILES string of the molecule is Cc1ccc(CNC(=O)c2ccccc2NC(=O)CNCC2CC2)cc1. The van der Waals surface area contributed by atoms with Crippen LogP contribution in [0.1, 0.15) is 34.3 Å². The molecule has 1 fully saturated rings. The van der Waals surface area contributed by atoms with Gasteiger partial charge in [0.2, 0.25) is 5.91 Å². The molecule has 0 bridgehead atoms. The van der Waals surface area contributed by atoms with Gasteiger partial charge in [-0.1, -0.05) is 42.0 Å². The summed E-state index contributed by atoms with van der Waals surface area (Å²) in [5.74, 6) is 0.388. The Morgan fingerprint density at radius 2 is 1.77 bits per heavy atom. The first-order valence-corrected chi connectivity index (χ1v) is 9.05. The molecule has 5 heteroatoms. The number of hydrogen-bond acceptors (Lipinski definition) is 3. The van der Waals surface area contributed by atoms with Crippen LogP contribution in [0, 0.1) is 12.8 Å². The number of carbonyl (C=O) groups is 2. The Labute approximate surface area is 154 Å². The lowest BCUT2D eigenvalue weighted by Crippen LogP contribution is -2.30. The van der Waals surface area contributed by atoms with Crippen LogP contribution in [0.5, 0.6) is 0 Å². The topological polar surface area (TPSA) is 70.2 Å². The third-order valence-electron chi connectivity index (χ3n) is 4.43. The summed E-state index contributed by atoms with van der Waals surface area (Å²) in [7, 11) is 0. The maximum atomic E-state index is 12.5. The second-order valence-electron chi connectivity index (χ2n) is 6.84. The molecule has 0 aromatic heterocycles. The molecule has 0 atom stereocenters. The minimum atomic E-state index is -0.201. The summed E-state index contributed by atoms with van der Waals surface area (Å²) in [5.41, 5.74) is 3.22. The first kappa shape index (κ1) is 18.1. The molecule has 0 saturated heterocycles. The highest BCUT2D eigenvalue weighted by Crippen LogP contribution is 2.27. The average Bonchev–Trinajstić information content (AvgIpc) is 3.46. The predicted octanol–water partition coefficient (Wildman–Crippen LogP) is 2.86. The molecular weight excluding hydrogens is 326 g/mol. The highest BCUT2D eigenvalue weighted by atomic mass is 16.2. The fourth-order valence-corrected chi connectivity index (χ4v) is 2.68. The summed E-state index contributed by atoms with van der Waals surface area (Å²) in [6.07, 6.45) is 2.50. The molecule has 0 aliphatic heterocycles. The predicted molar refractivity (Wildman–Crippen MR) is 103 cm³/mol. The Morgan fingerprint density at radius 1 is 1.04 bits per heavy atom. The van der Waals surface area contributed by atoms with E-state index in [-0.39, 0.29) is 18.4 Å². The number of aryl methyl sites for hydroxylation is 1. The van der Waals surface area contributed by atoms with Crippen molar-refractivity contribution in [2.75, 3.05) is 18.4 Å². The van der Waals surface area contributed by atoms with Gasteiger partial charge in [0.05, 0.1) is 17.8 Å². The first-order valence-electron chi connectivity index (χ1n) is 9.05. The van der Waals surface area contributed by atoms with E-state index < -0.39 is 0 Å². The molecule has 136 valence electrons. The minimum Gasteiger partial charge on any atom is -0.348 e. The van der Waals surface area contributed by atoms with Crippen LogP contribution in [0.4, 0.5) is 5.69 Å². The van der Waals surface area contributed by atoms with E-state index in [1.165, 1.54) is 18.4 Å². The van der Waals surface area contributed by atoms with Crippen LogP contribution in [0.3, 0.4) is 0 Å². The van der Waals surface area contributed by atoms with Crippen molar-refractivity contribution in [1.29, 1.82) is 0 Å². The van der Waals surface area contributed by atoms with Crippen molar-refractivity contribution < 1.29 is 9.59 Å². The zero-order valence-corrected chi connectivity index (χ0v) is 15.0. The first-order chi connectivity index (χ1) is 12.6. The molecule has 2 aromatic rings. The number of para-hydroxylation sites is 1. The fourth-order valence-electron chi connectivity index (χ4n) is 2.68. The Kier molecular flexibility index (Phi) is 6.02. The van der Waals surface area contributed by atoms with E-state index in [0.717, 1.165) is 18.0 Å². The van der Waals surface area contributed by atoms with Crippen LogP contribution >= 0.6 is 0 Å². The molecule has 3 N–H and O–H groups in total. The molecule has 26 heavy (non-hydrogen) atoms. The van der Waals surface area contributed by atoms with Crippen molar-refractivity contribution in [1.82, 2.24) is 10.6 Å². The van der Waals surface area contributed by atoms with E-state index in [1.807, 2.05) is 37.3 Å². The van der Waals surface area contributed by atoms with Gasteiger partial charge in [-0.05, 0) is 49.9 Å². The molecule has 1 aliphatic rings. The van der Waals surface area contributed by atoms with Crippen LogP contribution in [0.25, 0.3) is 0 Å². The lowest BCUT2D eigenvalue weighted by molar-refractivity contribution is -0.115. The van der Waals surface area contributed by atoms with Crippen LogP contribution in [-0.4, -0.2) is 24.9 Å². The van der Waals surface area contributed by atoms with Crippen molar-refractivity contribution in [3.8, 4) is 0 Å². The number of amides is 2. The average molecular weight is 351 g/mol. The number of benzene rings is 2. The largest absolute Gasteiger partial charge is 0.348 e. The van der Waals surface area contributed by atoms with Gasteiger partial charge >= 0.3 is 0 Å². The zero-order valence-electron chi connectivity index (χ0n) is 15.0. The molecule has 5 nitrogen and oxygen atoms in total. The molecular formula is C21H25N3O2. The van der Waals surface area contributed by atoms with Crippen LogP contribution in [0.2, 0.25) is 0 Å². The summed E-state index contributed by atoms with van der Waals surface area (Å²) >= 11 is 0. The Bertz CT molecular complexity index is 767. The van der Waals surface area contributed by atoms with Crippen LogP contribution in [0.15, 0.2) is 48.5 Å². The fraction of sp³-hybridized carbons (Fsp3) is 0.333. The molecule has 3 rings (SSSR count). The molecule has 0 heterocycles. The van der Waals surface area contributed by atoms with Gasteiger partial charge in [0, 0.05) is 6.54 Å². The standard InChI is InChI=1S/C21H25N3O2/c1-15-6-8-17(9-7-15)13-23-21(26)18-4-2-3-5-19(18)24-20(25)14-22-12-16-10-11-16/h2-9,16,22H,10-14H2,1H3,(H,23,26)(H,24,25). The lowest BCUT2D eigenvalue weighted by atomic mass is 10.1. The molecule has 1 aliphatic carbocycles. The van der Waals surface area contributed by atoms with Crippen molar-refractivity contribution >= 4 is 17.5 Å². The van der Waals surface area contributed by atoms with Crippen LogP contribution in [-0.2, 0) is 11.3 Å². The summed E-state index contributed by atoms with van der Waals surface area (Å²) < 4.78 is 0. The zero-order chi connectivity index (χ0) is 18.4. The van der Waals surface area contributed by atoms with E-state index in [9.17, 15) is 9.59 Å². The van der Waals surface area contributed by atoms with Crippen molar-refractivity contribution in [3.05, 3.63) is 65.2 Å². The number of anilines is 1. The Balaban J connectivity index is 1.55. The quantitative estimate of drug-likeness (QED) is 0.685. The monoisotopic (exact) mass is 351 g/mol. The second kappa shape index (κ2) is 8.63. The van der Waals surface area contributed by atoms with E-state index in [4.69, 9.17) is 0 Å². The summed E-state index contributed by atoms with van der Waals surface area (Å²) in [5, 5.41) is 8.89. The molecule has 2 amide bonds. The van der Waals surface area contributed by atoms with E-state index in [0.29, 0.717) is 17.8 Å². The number of nitrogens with one attached hydrogen (secondary N) is 3. The molecule has 0 spiro atoms. The van der Waals surface area contributed by atoms with E-state index in [2.05, 4.69) is 16.0 Å². The number of carbonyl (C=O) groups excluding carboxylic acids is 2. The van der Waals surface area contributed by atoms with Gasteiger partial charge in [-0.3, -0.25) is 9.59 Å². The number of rotatable bonds is 8. The molecule has 1 saturated carbocycles. The Hall–Kier alpha value is -2.66. The highest BCUT2D eigenvalue weighted by Gasteiger charge is 2.20. The third kappa shape index (κ3) is 5.43. The van der Waals surface area contributed by atoms with Gasteiger partial charge in [0.1, 0.15) is 0 Å². The lowest BCUT2D eigenvalue weighted by Gasteiger charge is -2.12. The van der Waals surface area contributed by atoms with E-state index >= 15 is 0 Å². The summed E-state index contributed by atoms with van der Waals surface area (Å²) in [6, 6.07) is 15.1. The van der Waals surface area contributed by atoms with Gasteiger partial charge in [0.25, 0.3) is 5.91 Å². The van der Waals surface area contributed by atoms with Gasteiger partial charge < -0.3 is 16.0 Å². The summed E-state index contributed by atoms with van der Waals surface area (Å²) in [6.45, 7) is 3.62. The maximum absolute atomic E-state index is 12.5. The third-order valence-corrected chi connectivity index (χ3v) is 4.43. The smallest absolute Gasteiger partial charge is 0.253 e. The summed E-state index contributed by atoms with van der Waals surface area (Å²) in [4.78, 5) is 24.6. The van der Waals surface area contributed by atoms with Crippen molar-refractivity contribution in [3.63, 3.8) is 0 Å². The minimum absolute atomic E-state index is 0.135. The second-order valence-corrected chi connectivity index (χ2v) is 6.84. The normalized spacial score (nSPS) is 13.3. The van der Waals surface area contributed by atoms with Gasteiger partial charge in [-0.2, -0.15) is 0 Å². The Morgan fingerprint density at radius 3 is 2.50 bits per heavy atom. The molecule has 0 radical (unpaired) electrons. The van der Waals surface area contributed by atoms with Gasteiger partial charge in [-0.25, -0.2) is 0 Å². The van der Waals surface area contributed by atoms with Gasteiger partial charge in [-0.15, -0.1) is 0 Å².